The van der Waals surface area contributed by atoms with Crippen LogP contribution in [-0.2, 0) is 6.42 Å². The van der Waals surface area contributed by atoms with E-state index in [0.29, 0.717) is 28.3 Å². The van der Waals surface area contributed by atoms with Crippen LogP contribution in [0.1, 0.15) is 17.4 Å². The van der Waals surface area contributed by atoms with Crippen LogP contribution in [0.25, 0.3) is 10.4 Å². The van der Waals surface area contributed by atoms with Crippen molar-refractivity contribution in [3.8, 4) is 22.3 Å². The number of anilines is 1. The van der Waals surface area contributed by atoms with Gasteiger partial charge >= 0.3 is 0 Å². The number of thiophene rings is 1. The molecule has 0 aliphatic carbocycles. The average Bonchev–Trinajstić information content (AvgIpc) is 2.74. The molecule has 98 valence electrons. The summed E-state index contributed by atoms with van der Waals surface area (Å²) in [6.45, 7) is 1.94. The van der Waals surface area contributed by atoms with E-state index in [1.807, 2.05) is 13.0 Å². The van der Waals surface area contributed by atoms with Gasteiger partial charge in [0.1, 0.15) is 22.5 Å². The van der Waals surface area contributed by atoms with E-state index in [0.717, 1.165) is 10.4 Å². The van der Waals surface area contributed by atoms with Crippen molar-refractivity contribution in [3.63, 3.8) is 0 Å². The van der Waals surface area contributed by atoms with Gasteiger partial charge in [0, 0.05) is 16.5 Å². The van der Waals surface area contributed by atoms with Gasteiger partial charge in [-0.2, -0.15) is 5.26 Å². The molecule has 0 spiro atoms. The molecular weight excluding hydrogens is 263 g/mol. The zero-order valence-electron chi connectivity index (χ0n) is 10.7. The first-order chi connectivity index (χ1) is 9.12. The lowest BCUT2D eigenvalue weighted by molar-refractivity contribution is 0.411. The Balaban J connectivity index is 2.62. The highest BCUT2D eigenvalue weighted by Crippen LogP contribution is 2.40. The van der Waals surface area contributed by atoms with E-state index < -0.39 is 0 Å². The molecule has 1 heterocycles. The van der Waals surface area contributed by atoms with Crippen LogP contribution in [0.4, 0.5) is 10.1 Å². The molecule has 0 aliphatic heterocycles. The average molecular weight is 276 g/mol. The Morgan fingerprint density at radius 2 is 2.21 bits per heavy atom. The summed E-state index contributed by atoms with van der Waals surface area (Å²) in [6, 6.07) is 6.73. The fourth-order valence-corrected chi connectivity index (χ4v) is 3.07. The van der Waals surface area contributed by atoms with Crippen molar-refractivity contribution in [1.29, 1.82) is 5.26 Å². The van der Waals surface area contributed by atoms with Gasteiger partial charge in [-0.25, -0.2) is 4.39 Å². The molecule has 1 aromatic carbocycles. The van der Waals surface area contributed by atoms with Crippen molar-refractivity contribution in [3.05, 3.63) is 34.5 Å². The molecule has 0 radical (unpaired) electrons. The van der Waals surface area contributed by atoms with Gasteiger partial charge in [-0.1, -0.05) is 6.92 Å². The predicted molar refractivity (Wildman–Crippen MR) is 74.8 cm³/mol. The Bertz CT molecular complexity index is 658. The minimum Gasteiger partial charge on any atom is -0.497 e. The van der Waals surface area contributed by atoms with Crippen molar-refractivity contribution < 1.29 is 9.13 Å². The number of hydrogen-bond acceptors (Lipinski definition) is 4. The number of nitrogen functional groups attached to an aromatic ring is 1. The maximum atomic E-state index is 14.1. The molecule has 0 saturated heterocycles. The Hall–Kier alpha value is -2.06. The largest absolute Gasteiger partial charge is 0.497 e. The molecule has 0 atom stereocenters. The quantitative estimate of drug-likeness (QED) is 0.932. The van der Waals surface area contributed by atoms with E-state index in [1.165, 1.54) is 24.5 Å². The van der Waals surface area contributed by atoms with Crippen LogP contribution < -0.4 is 10.5 Å². The standard InChI is InChI=1S/C14H13FN2OS/c1-3-9-13(17)12(7-16)19-14(9)10-5-4-8(18-2)6-11(10)15/h4-6H,3,17H2,1-2H3. The first-order valence-corrected chi connectivity index (χ1v) is 6.59. The number of ether oxygens (including phenoxy) is 1. The lowest BCUT2D eigenvalue weighted by atomic mass is 10.1. The van der Waals surface area contributed by atoms with Gasteiger partial charge in [-0.05, 0) is 24.1 Å². The van der Waals surface area contributed by atoms with Crippen molar-refractivity contribution in [2.24, 2.45) is 0 Å². The molecule has 2 N–H and O–H groups in total. The van der Waals surface area contributed by atoms with Crippen LogP contribution in [0.5, 0.6) is 5.75 Å². The number of benzene rings is 1. The molecule has 0 aliphatic rings. The SMILES string of the molecule is CCc1c(-c2ccc(OC)cc2F)sc(C#N)c1N. The molecule has 0 fully saturated rings. The number of hydrogen-bond donors (Lipinski definition) is 1. The number of methoxy groups -OCH3 is 1. The zero-order chi connectivity index (χ0) is 14.0. The highest BCUT2D eigenvalue weighted by atomic mass is 32.1. The van der Waals surface area contributed by atoms with Gasteiger partial charge < -0.3 is 10.5 Å². The fourth-order valence-electron chi connectivity index (χ4n) is 1.94. The fraction of sp³-hybridized carbons (Fsp3) is 0.214. The third-order valence-electron chi connectivity index (χ3n) is 2.92. The van der Waals surface area contributed by atoms with E-state index in [9.17, 15) is 4.39 Å². The Kier molecular flexibility index (Phi) is 3.72. The minimum atomic E-state index is -0.375. The molecule has 5 heteroatoms. The van der Waals surface area contributed by atoms with Crippen LogP contribution in [0, 0.1) is 17.1 Å². The summed E-state index contributed by atoms with van der Waals surface area (Å²) in [5, 5.41) is 9.02. The molecule has 2 aromatic rings. The second-order valence-corrected chi connectivity index (χ2v) is 4.98. The molecule has 3 nitrogen and oxygen atoms in total. The number of nitrogens with two attached hydrogens (primary N) is 1. The summed E-state index contributed by atoms with van der Waals surface area (Å²) in [7, 11) is 1.49. The van der Waals surface area contributed by atoms with Crippen molar-refractivity contribution in [2.75, 3.05) is 12.8 Å². The number of nitriles is 1. The molecule has 1 aromatic heterocycles. The molecule has 0 saturated carbocycles. The minimum absolute atomic E-state index is 0.375. The highest BCUT2D eigenvalue weighted by Gasteiger charge is 2.18. The van der Waals surface area contributed by atoms with Gasteiger partial charge in [0.25, 0.3) is 0 Å². The van der Waals surface area contributed by atoms with Gasteiger partial charge in [0.2, 0.25) is 0 Å². The van der Waals surface area contributed by atoms with Crippen LogP contribution >= 0.6 is 11.3 Å². The highest BCUT2D eigenvalue weighted by molar-refractivity contribution is 7.16. The van der Waals surface area contributed by atoms with E-state index in [4.69, 9.17) is 15.7 Å². The summed E-state index contributed by atoms with van der Waals surface area (Å²) in [6.07, 6.45) is 0.658. The maximum absolute atomic E-state index is 14.1. The van der Waals surface area contributed by atoms with Crippen LogP contribution in [0.2, 0.25) is 0 Å². The van der Waals surface area contributed by atoms with Crippen LogP contribution in [0.3, 0.4) is 0 Å². The summed E-state index contributed by atoms with van der Waals surface area (Å²) < 4.78 is 19.1. The Morgan fingerprint density at radius 3 is 2.74 bits per heavy atom. The Morgan fingerprint density at radius 1 is 1.47 bits per heavy atom. The van der Waals surface area contributed by atoms with Gasteiger partial charge in [0.05, 0.1) is 12.8 Å². The van der Waals surface area contributed by atoms with Crippen LogP contribution in [-0.4, -0.2) is 7.11 Å². The second kappa shape index (κ2) is 5.29. The molecule has 0 amide bonds. The summed E-state index contributed by atoms with van der Waals surface area (Å²) >= 11 is 1.22. The third kappa shape index (κ3) is 2.27. The number of rotatable bonds is 3. The zero-order valence-corrected chi connectivity index (χ0v) is 11.5. The molecule has 0 bridgehead atoms. The van der Waals surface area contributed by atoms with Gasteiger partial charge in [-0.3, -0.25) is 0 Å². The van der Waals surface area contributed by atoms with E-state index in [-0.39, 0.29) is 5.82 Å². The van der Waals surface area contributed by atoms with Crippen molar-refractivity contribution in [1.82, 2.24) is 0 Å². The summed E-state index contributed by atoms with van der Waals surface area (Å²) in [5.41, 5.74) is 7.65. The lowest BCUT2D eigenvalue weighted by Gasteiger charge is -2.06. The van der Waals surface area contributed by atoms with E-state index in [1.54, 1.807) is 12.1 Å². The van der Waals surface area contributed by atoms with Gasteiger partial charge in [0.15, 0.2) is 0 Å². The summed E-state index contributed by atoms with van der Waals surface area (Å²) in [5.74, 6) is 0.0872. The third-order valence-corrected chi connectivity index (χ3v) is 4.11. The first-order valence-electron chi connectivity index (χ1n) is 5.77. The number of nitrogens with zero attached hydrogens (tertiary/aromatic N) is 1. The molecular formula is C14H13FN2OS. The molecule has 0 unspecified atom stereocenters. The van der Waals surface area contributed by atoms with Gasteiger partial charge in [-0.15, -0.1) is 11.3 Å². The van der Waals surface area contributed by atoms with Crippen molar-refractivity contribution >= 4 is 17.0 Å². The molecule has 2 rings (SSSR count). The smallest absolute Gasteiger partial charge is 0.135 e. The van der Waals surface area contributed by atoms with E-state index >= 15 is 0 Å². The normalized spacial score (nSPS) is 10.2. The monoisotopic (exact) mass is 276 g/mol. The second-order valence-electron chi connectivity index (χ2n) is 3.96. The van der Waals surface area contributed by atoms with Crippen LogP contribution in [0.15, 0.2) is 18.2 Å². The van der Waals surface area contributed by atoms with Crippen molar-refractivity contribution in [2.45, 2.75) is 13.3 Å². The molecule has 19 heavy (non-hydrogen) atoms. The summed E-state index contributed by atoms with van der Waals surface area (Å²) in [4.78, 5) is 1.15. The maximum Gasteiger partial charge on any atom is 0.135 e. The predicted octanol–water partition coefficient (Wildman–Crippen LogP) is 3.58. The Labute approximate surface area is 115 Å². The number of halogens is 1. The lowest BCUT2D eigenvalue weighted by Crippen LogP contribution is -1.93. The first kappa shape index (κ1) is 13.4. The topological polar surface area (TPSA) is 59.0 Å². The van der Waals surface area contributed by atoms with E-state index in [2.05, 4.69) is 0 Å².